The Morgan fingerprint density at radius 3 is 2.75 bits per heavy atom. The largest absolute Gasteiger partial charge is 0.356 e. The van der Waals surface area contributed by atoms with Crippen LogP contribution in [-0.2, 0) is 11.2 Å². The number of benzene rings is 1. The lowest BCUT2D eigenvalue weighted by Gasteiger charge is -2.18. The molecule has 3 N–H and O–H groups in total. The minimum atomic E-state index is -0.680. The van der Waals surface area contributed by atoms with Gasteiger partial charge in [0.1, 0.15) is 11.6 Å². The van der Waals surface area contributed by atoms with E-state index in [0.717, 1.165) is 31.4 Å². The van der Waals surface area contributed by atoms with Crippen LogP contribution in [-0.4, -0.2) is 19.0 Å². The maximum absolute atomic E-state index is 13.4. The zero-order chi connectivity index (χ0) is 14.5. The lowest BCUT2D eigenvalue weighted by atomic mass is 9.96. The number of halogens is 2. The number of nitrogens with two attached hydrogens (primary N) is 1. The van der Waals surface area contributed by atoms with Crippen LogP contribution in [0.3, 0.4) is 0 Å². The van der Waals surface area contributed by atoms with Crippen molar-refractivity contribution in [3.8, 4) is 0 Å². The lowest BCUT2D eigenvalue weighted by Crippen LogP contribution is -2.33. The van der Waals surface area contributed by atoms with E-state index in [1.165, 1.54) is 6.07 Å². The van der Waals surface area contributed by atoms with Crippen LogP contribution in [0.5, 0.6) is 0 Å². The summed E-state index contributed by atoms with van der Waals surface area (Å²) in [4.78, 5) is 11.8. The van der Waals surface area contributed by atoms with Gasteiger partial charge in [-0.15, -0.1) is 0 Å². The van der Waals surface area contributed by atoms with E-state index in [1.807, 2.05) is 0 Å². The molecule has 1 aliphatic rings. The zero-order valence-electron chi connectivity index (χ0n) is 11.4. The van der Waals surface area contributed by atoms with E-state index in [1.54, 1.807) is 0 Å². The van der Waals surface area contributed by atoms with Crippen molar-refractivity contribution in [3.05, 3.63) is 35.4 Å². The second kappa shape index (κ2) is 6.79. The van der Waals surface area contributed by atoms with Gasteiger partial charge in [0.05, 0.1) is 6.42 Å². The monoisotopic (exact) mass is 282 g/mol. The Balaban J connectivity index is 1.83. The minimum absolute atomic E-state index is 0.0634. The summed E-state index contributed by atoms with van der Waals surface area (Å²) in [6.45, 7) is 1.23. The molecule has 1 fully saturated rings. The van der Waals surface area contributed by atoms with Crippen LogP contribution in [0.4, 0.5) is 8.78 Å². The van der Waals surface area contributed by atoms with Crippen molar-refractivity contribution >= 4 is 5.91 Å². The number of hydrogen-bond acceptors (Lipinski definition) is 2. The van der Waals surface area contributed by atoms with Crippen LogP contribution in [0.25, 0.3) is 0 Å². The predicted octanol–water partition coefficient (Wildman–Crippen LogP) is 2.00. The van der Waals surface area contributed by atoms with Gasteiger partial charge in [-0.1, -0.05) is 12.5 Å². The third-order valence-corrected chi connectivity index (χ3v) is 4.05. The normalized spacial score (nSPS) is 21.9. The van der Waals surface area contributed by atoms with Crippen molar-refractivity contribution in [2.75, 3.05) is 13.1 Å². The van der Waals surface area contributed by atoms with Crippen LogP contribution < -0.4 is 11.1 Å². The highest BCUT2D eigenvalue weighted by Gasteiger charge is 2.26. The molecule has 2 unspecified atom stereocenters. The van der Waals surface area contributed by atoms with Gasteiger partial charge < -0.3 is 11.1 Å². The Kier molecular flexibility index (Phi) is 5.06. The van der Waals surface area contributed by atoms with E-state index in [4.69, 9.17) is 5.73 Å². The summed E-state index contributed by atoms with van der Waals surface area (Å²) in [6.07, 6.45) is 3.28. The van der Waals surface area contributed by atoms with E-state index in [-0.39, 0.29) is 17.9 Å². The number of rotatable bonds is 5. The van der Waals surface area contributed by atoms with Crippen molar-refractivity contribution in [3.63, 3.8) is 0 Å². The molecule has 110 valence electrons. The maximum atomic E-state index is 13.4. The summed E-state index contributed by atoms with van der Waals surface area (Å²) in [5.74, 6) is -0.665. The molecule has 0 saturated heterocycles. The molecule has 1 amide bonds. The highest BCUT2D eigenvalue weighted by molar-refractivity contribution is 5.78. The molecule has 2 atom stereocenters. The van der Waals surface area contributed by atoms with Gasteiger partial charge >= 0.3 is 0 Å². The predicted molar refractivity (Wildman–Crippen MR) is 73.0 cm³/mol. The Morgan fingerprint density at radius 1 is 1.30 bits per heavy atom. The fourth-order valence-electron chi connectivity index (χ4n) is 2.84. The van der Waals surface area contributed by atoms with Crippen LogP contribution in [0, 0.1) is 23.5 Å². The third kappa shape index (κ3) is 3.76. The molecule has 0 heterocycles. The van der Waals surface area contributed by atoms with Crippen LogP contribution >= 0.6 is 0 Å². The molecule has 20 heavy (non-hydrogen) atoms. The SMILES string of the molecule is NCC1CCCC1CNC(=O)Cc1ccc(F)cc1F. The maximum Gasteiger partial charge on any atom is 0.224 e. The Labute approximate surface area is 117 Å². The fraction of sp³-hybridized carbons (Fsp3) is 0.533. The quantitative estimate of drug-likeness (QED) is 0.868. The summed E-state index contributed by atoms with van der Waals surface area (Å²) >= 11 is 0. The third-order valence-electron chi connectivity index (χ3n) is 4.05. The van der Waals surface area contributed by atoms with E-state index >= 15 is 0 Å². The highest BCUT2D eigenvalue weighted by Crippen LogP contribution is 2.30. The van der Waals surface area contributed by atoms with Gasteiger partial charge in [0.2, 0.25) is 5.91 Å². The van der Waals surface area contributed by atoms with Gasteiger partial charge in [-0.05, 0) is 42.9 Å². The van der Waals surface area contributed by atoms with Crippen molar-refractivity contribution in [2.24, 2.45) is 17.6 Å². The first-order chi connectivity index (χ1) is 9.60. The van der Waals surface area contributed by atoms with Gasteiger partial charge in [-0.25, -0.2) is 8.78 Å². The molecule has 1 aromatic rings. The summed E-state index contributed by atoms with van der Waals surface area (Å²) in [5.41, 5.74) is 5.90. The number of carbonyl (C=O) groups excluding carboxylic acids is 1. The number of hydrogen-bond donors (Lipinski definition) is 2. The van der Waals surface area contributed by atoms with Crippen LogP contribution in [0.2, 0.25) is 0 Å². The average Bonchev–Trinajstić information content (AvgIpc) is 2.87. The van der Waals surface area contributed by atoms with Gasteiger partial charge in [0, 0.05) is 12.6 Å². The summed E-state index contributed by atoms with van der Waals surface area (Å²) in [7, 11) is 0. The summed E-state index contributed by atoms with van der Waals surface area (Å²) in [6, 6.07) is 3.26. The van der Waals surface area contributed by atoms with E-state index in [9.17, 15) is 13.6 Å². The van der Waals surface area contributed by atoms with Crippen molar-refractivity contribution in [1.29, 1.82) is 0 Å². The smallest absolute Gasteiger partial charge is 0.224 e. The number of nitrogens with one attached hydrogen (secondary N) is 1. The average molecular weight is 282 g/mol. The molecular weight excluding hydrogens is 262 g/mol. The summed E-state index contributed by atoms with van der Waals surface area (Å²) in [5, 5.41) is 2.82. The van der Waals surface area contributed by atoms with Gasteiger partial charge in [-0.2, -0.15) is 0 Å². The molecule has 5 heteroatoms. The molecule has 0 bridgehead atoms. The Morgan fingerprint density at radius 2 is 2.05 bits per heavy atom. The van der Waals surface area contributed by atoms with Crippen molar-refractivity contribution in [1.82, 2.24) is 5.32 Å². The topological polar surface area (TPSA) is 55.1 Å². The molecule has 3 nitrogen and oxygen atoms in total. The molecular formula is C15H20F2N2O. The molecule has 1 aromatic carbocycles. The first-order valence-electron chi connectivity index (χ1n) is 7.01. The summed E-state index contributed by atoms with van der Waals surface area (Å²) < 4.78 is 26.2. The fourth-order valence-corrected chi connectivity index (χ4v) is 2.84. The van der Waals surface area contributed by atoms with E-state index < -0.39 is 11.6 Å². The molecule has 0 radical (unpaired) electrons. The minimum Gasteiger partial charge on any atom is -0.356 e. The molecule has 1 aliphatic carbocycles. The van der Waals surface area contributed by atoms with Gasteiger partial charge in [0.15, 0.2) is 0 Å². The molecule has 0 spiro atoms. The second-order valence-corrected chi connectivity index (χ2v) is 5.40. The van der Waals surface area contributed by atoms with Gasteiger partial charge in [-0.3, -0.25) is 4.79 Å². The first kappa shape index (κ1) is 14.9. The molecule has 0 aromatic heterocycles. The second-order valence-electron chi connectivity index (χ2n) is 5.40. The number of amides is 1. The van der Waals surface area contributed by atoms with Gasteiger partial charge in [0.25, 0.3) is 0 Å². The number of carbonyl (C=O) groups is 1. The first-order valence-corrected chi connectivity index (χ1v) is 7.01. The van der Waals surface area contributed by atoms with Crippen LogP contribution in [0.15, 0.2) is 18.2 Å². The molecule has 0 aliphatic heterocycles. The van der Waals surface area contributed by atoms with E-state index in [0.29, 0.717) is 24.9 Å². The van der Waals surface area contributed by atoms with Crippen LogP contribution in [0.1, 0.15) is 24.8 Å². The standard InChI is InChI=1S/C15H20F2N2O/c16-13-5-4-10(14(17)7-13)6-15(20)19-9-12-3-1-2-11(12)8-18/h4-5,7,11-12H,1-3,6,8-9,18H2,(H,19,20). The Bertz CT molecular complexity index is 479. The van der Waals surface area contributed by atoms with Crippen molar-refractivity contribution in [2.45, 2.75) is 25.7 Å². The molecule has 1 saturated carbocycles. The lowest BCUT2D eigenvalue weighted by molar-refractivity contribution is -0.120. The van der Waals surface area contributed by atoms with Crippen molar-refractivity contribution < 1.29 is 13.6 Å². The van der Waals surface area contributed by atoms with E-state index in [2.05, 4.69) is 5.32 Å². The molecule has 2 rings (SSSR count). The Hall–Kier alpha value is -1.49. The highest BCUT2D eigenvalue weighted by atomic mass is 19.1. The zero-order valence-corrected chi connectivity index (χ0v) is 11.4.